The summed E-state index contributed by atoms with van der Waals surface area (Å²) in [6.07, 6.45) is 0.669. The summed E-state index contributed by atoms with van der Waals surface area (Å²) >= 11 is 1.29. The van der Waals surface area contributed by atoms with Gasteiger partial charge >= 0.3 is 6.03 Å². The maximum absolute atomic E-state index is 12.5. The number of nitrogens with one attached hydrogen (secondary N) is 1. The van der Waals surface area contributed by atoms with Crippen LogP contribution in [0.25, 0.3) is 0 Å². The first kappa shape index (κ1) is 21.4. The van der Waals surface area contributed by atoms with Crippen LogP contribution in [-0.4, -0.2) is 50.4 Å². The molecule has 2 aromatic rings. The molecule has 0 bridgehead atoms. The van der Waals surface area contributed by atoms with Crippen LogP contribution in [0.3, 0.4) is 0 Å². The Bertz CT molecular complexity index is 829. The number of hydrogen-bond donors (Lipinski definition) is 2. The van der Waals surface area contributed by atoms with Crippen molar-refractivity contribution in [2.75, 3.05) is 38.9 Å². The van der Waals surface area contributed by atoms with E-state index in [2.05, 4.69) is 5.32 Å². The Morgan fingerprint density at radius 3 is 2.50 bits per heavy atom. The molecule has 0 fully saturated rings. The summed E-state index contributed by atoms with van der Waals surface area (Å²) < 4.78 is 10.5. The second kappa shape index (κ2) is 10.5. The zero-order valence-electron chi connectivity index (χ0n) is 16.2. The standard InChI is InChI=1S/C20H25N3O4S/c1-23(11-10-14-8-9-16(26-2)17(12-14)27-3)20(25)22-15-6-4-5-7-18(15)28-13-19(21)24/h4-9,12H,10-11,13H2,1-3H3,(H2,21,24)(H,22,25). The topological polar surface area (TPSA) is 93.9 Å². The lowest BCUT2D eigenvalue weighted by Gasteiger charge is -2.19. The van der Waals surface area contributed by atoms with E-state index < -0.39 is 5.91 Å². The number of nitrogens with two attached hydrogens (primary N) is 1. The molecule has 0 saturated carbocycles. The number of rotatable bonds is 9. The number of methoxy groups -OCH3 is 2. The van der Waals surface area contributed by atoms with E-state index in [1.54, 1.807) is 32.2 Å². The zero-order chi connectivity index (χ0) is 20.5. The molecular weight excluding hydrogens is 378 g/mol. The van der Waals surface area contributed by atoms with Crippen LogP contribution in [0.1, 0.15) is 5.56 Å². The van der Waals surface area contributed by atoms with Crippen molar-refractivity contribution in [2.45, 2.75) is 11.3 Å². The lowest BCUT2D eigenvalue weighted by Crippen LogP contribution is -2.33. The van der Waals surface area contributed by atoms with E-state index in [4.69, 9.17) is 15.2 Å². The molecule has 0 atom stereocenters. The minimum absolute atomic E-state index is 0.155. The first-order valence-electron chi connectivity index (χ1n) is 8.67. The molecule has 0 heterocycles. The summed E-state index contributed by atoms with van der Waals surface area (Å²) in [4.78, 5) is 25.9. The molecule has 28 heavy (non-hydrogen) atoms. The van der Waals surface area contributed by atoms with Crippen LogP contribution < -0.4 is 20.5 Å². The third-order valence-electron chi connectivity index (χ3n) is 4.03. The average molecular weight is 404 g/mol. The first-order chi connectivity index (χ1) is 13.4. The SMILES string of the molecule is COc1ccc(CCN(C)C(=O)Nc2ccccc2SCC(N)=O)cc1OC. The maximum Gasteiger partial charge on any atom is 0.321 e. The Kier molecular flexibility index (Phi) is 8.01. The Morgan fingerprint density at radius 1 is 1.11 bits per heavy atom. The van der Waals surface area contributed by atoms with Gasteiger partial charge in [0.2, 0.25) is 5.91 Å². The minimum Gasteiger partial charge on any atom is -0.493 e. The van der Waals surface area contributed by atoms with E-state index in [1.165, 1.54) is 11.8 Å². The second-order valence-electron chi connectivity index (χ2n) is 6.04. The van der Waals surface area contributed by atoms with Gasteiger partial charge in [0.15, 0.2) is 11.5 Å². The predicted octanol–water partition coefficient (Wildman–Crippen LogP) is 2.99. The van der Waals surface area contributed by atoms with Crippen molar-refractivity contribution in [1.82, 2.24) is 4.90 Å². The molecule has 3 amide bonds. The molecule has 3 N–H and O–H groups in total. The fraction of sp³-hybridized carbons (Fsp3) is 0.300. The van der Waals surface area contributed by atoms with Gasteiger partial charge in [0.05, 0.1) is 25.7 Å². The average Bonchev–Trinajstić information content (AvgIpc) is 2.70. The lowest BCUT2D eigenvalue weighted by atomic mass is 10.1. The highest BCUT2D eigenvalue weighted by Gasteiger charge is 2.13. The van der Waals surface area contributed by atoms with Crippen molar-refractivity contribution in [1.29, 1.82) is 0 Å². The van der Waals surface area contributed by atoms with Gasteiger partial charge in [0.25, 0.3) is 0 Å². The van der Waals surface area contributed by atoms with Crippen molar-refractivity contribution in [3.63, 3.8) is 0 Å². The summed E-state index contributed by atoms with van der Waals surface area (Å²) in [5.74, 6) is 1.08. The largest absolute Gasteiger partial charge is 0.493 e. The summed E-state index contributed by atoms with van der Waals surface area (Å²) in [7, 11) is 4.92. The van der Waals surface area contributed by atoms with E-state index in [9.17, 15) is 9.59 Å². The van der Waals surface area contributed by atoms with Crippen molar-refractivity contribution < 1.29 is 19.1 Å². The molecule has 0 aliphatic rings. The van der Waals surface area contributed by atoms with Gasteiger partial charge in [-0.05, 0) is 36.2 Å². The molecule has 2 aromatic carbocycles. The first-order valence-corrected chi connectivity index (χ1v) is 9.66. The van der Waals surface area contributed by atoms with Crippen LogP contribution in [0.4, 0.5) is 10.5 Å². The quantitative estimate of drug-likeness (QED) is 0.628. The van der Waals surface area contributed by atoms with Gasteiger partial charge in [0.1, 0.15) is 0 Å². The van der Waals surface area contributed by atoms with E-state index >= 15 is 0 Å². The number of nitrogens with zero attached hydrogens (tertiary/aromatic N) is 1. The number of primary amides is 1. The molecular formula is C20H25N3O4S. The van der Waals surface area contributed by atoms with Crippen molar-refractivity contribution >= 4 is 29.4 Å². The maximum atomic E-state index is 12.5. The molecule has 0 radical (unpaired) electrons. The van der Waals surface area contributed by atoms with Gasteiger partial charge in [-0.3, -0.25) is 4.79 Å². The number of para-hydroxylation sites is 1. The van der Waals surface area contributed by atoms with Gasteiger partial charge < -0.3 is 25.4 Å². The van der Waals surface area contributed by atoms with Crippen molar-refractivity contribution in [2.24, 2.45) is 5.73 Å². The summed E-state index contributed by atoms with van der Waals surface area (Å²) in [5.41, 5.74) is 6.89. The highest BCUT2D eigenvalue weighted by atomic mass is 32.2. The van der Waals surface area contributed by atoms with Gasteiger partial charge in [-0.25, -0.2) is 4.79 Å². The molecule has 0 saturated heterocycles. The zero-order valence-corrected chi connectivity index (χ0v) is 17.0. The van der Waals surface area contributed by atoms with E-state index in [0.29, 0.717) is 30.2 Å². The summed E-state index contributed by atoms with van der Waals surface area (Å²) in [5, 5.41) is 2.88. The number of ether oxygens (including phenoxy) is 2. The number of likely N-dealkylation sites (N-methyl/N-ethyl adjacent to an activating group) is 1. The second-order valence-corrected chi connectivity index (χ2v) is 7.06. The molecule has 0 aromatic heterocycles. The Hall–Kier alpha value is -2.87. The molecule has 0 unspecified atom stereocenters. The normalized spacial score (nSPS) is 10.2. The van der Waals surface area contributed by atoms with Crippen LogP contribution >= 0.6 is 11.8 Å². The molecule has 8 heteroatoms. The van der Waals surface area contributed by atoms with Crippen molar-refractivity contribution in [3.8, 4) is 11.5 Å². The third-order valence-corrected chi connectivity index (χ3v) is 5.12. The van der Waals surface area contributed by atoms with E-state index in [1.807, 2.05) is 36.4 Å². The number of carbonyl (C=O) groups excluding carboxylic acids is 2. The van der Waals surface area contributed by atoms with Gasteiger partial charge in [-0.15, -0.1) is 11.8 Å². The Morgan fingerprint density at radius 2 is 1.82 bits per heavy atom. The highest BCUT2D eigenvalue weighted by Crippen LogP contribution is 2.28. The fourth-order valence-corrected chi connectivity index (χ4v) is 3.24. The molecule has 0 aliphatic carbocycles. The number of carbonyl (C=O) groups is 2. The van der Waals surface area contributed by atoms with E-state index in [0.717, 1.165) is 10.5 Å². The van der Waals surface area contributed by atoms with Crippen LogP contribution in [0.15, 0.2) is 47.4 Å². The highest BCUT2D eigenvalue weighted by molar-refractivity contribution is 8.00. The van der Waals surface area contributed by atoms with Crippen LogP contribution in [-0.2, 0) is 11.2 Å². The monoisotopic (exact) mass is 403 g/mol. The predicted molar refractivity (Wildman–Crippen MR) is 111 cm³/mol. The third kappa shape index (κ3) is 6.09. The molecule has 7 nitrogen and oxygen atoms in total. The molecule has 0 spiro atoms. The summed E-state index contributed by atoms with van der Waals surface area (Å²) in [6, 6.07) is 12.8. The smallest absolute Gasteiger partial charge is 0.321 e. The number of urea groups is 1. The lowest BCUT2D eigenvalue weighted by molar-refractivity contribution is -0.115. The number of anilines is 1. The summed E-state index contributed by atoms with van der Waals surface area (Å²) in [6.45, 7) is 0.526. The van der Waals surface area contributed by atoms with Gasteiger partial charge in [-0.2, -0.15) is 0 Å². The van der Waals surface area contributed by atoms with Crippen LogP contribution in [0, 0.1) is 0 Å². The van der Waals surface area contributed by atoms with E-state index in [-0.39, 0.29) is 11.8 Å². The molecule has 150 valence electrons. The molecule has 2 rings (SSSR count). The van der Waals surface area contributed by atoms with Crippen LogP contribution in [0.2, 0.25) is 0 Å². The van der Waals surface area contributed by atoms with Gasteiger partial charge in [-0.1, -0.05) is 18.2 Å². The number of amides is 3. The molecule has 0 aliphatic heterocycles. The van der Waals surface area contributed by atoms with Gasteiger partial charge in [0, 0.05) is 18.5 Å². The number of hydrogen-bond acceptors (Lipinski definition) is 5. The Balaban J connectivity index is 1.96. The minimum atomic E-state index is -0.404. The van der Waals surface area contributed by atoms with Crippen LogP contribution in [0.5, 0.6) is 11.5 Å². The fourth-order valence-electron chi connectivity index (χ4n) is 2.49. The number of benzene rings is 2. The van der Waals surface area contributed by atoms with Crippen molar-refractivity contribution in [3.05, 3.63) is 48.0 Å². The number of thioether (sulfide) groups is 1. The Labute approximate surface area is 169 Å².